The van der Waals surface area contributed by atoms with Crippen LogP contribution in [0.5, 0.6) is 0 Å². The monoisotopic (exact) mass is 297 g/mol. The number of aromatic nitrogens is 2. The van der Waals surface area contributed by atoms with Crippen LogP contribution in [0.3, 0.4) is 0 Å². The molecule has 0 aliphatic carbocycles. The zero-order valence-corrected chi connectivity index (χ0v) is 13.2. The summed E-state index contributed by atoms with van der Waals surface area (Å²) in [5.41, 5.74) is 0. The molecule has 0 amide bonds. The predicted molar refractivity (Wildman–Crippen MR) is 83.5 cm³/mol. The molecule has 0 bridgehead atoms. The SMILES string of the molecule is CCNc1nc(SCCCOC)c2cc(C)sc2n1. The molecule has 19 heavy (non-hydrogen) atoms. The lowest BCUT2D eigenvalue weighted by molar-refractivity contribution is 0.200. The molecule has 0 aliphatic heterocycles. The van der Waals surface area contributed by atoms with Gasteiger partial charge in [-0.1, -0.05) is 0 Å². The van der Waals surface area contributed by atoms with Gasteiger partial charge in [0.05, 0.1) is 0 Å². The molecule has 2 heterocycles. The highest BCUT2D eigenvalue weighted by atomic mass is 32.2. The largest absolute Gasteiger partial charge is 0.385 e. The summed E-state index contributed by atoms with van der Waals surface area (Å²) in [4.78, 5) is 11.5. The lowest BCUT2D eigenvalue weighted by Gasteiger charge is -2.06. The minimum Gasteiger partial charge on any atom is -0.385 e. The molecule has 1 N–H and O–H groups in total. The Bertz CT molecular complexity index is 542. The Hall–Kier alpha value is -0.850. The normalized spacial score (nSPS) is 11.1. The van der Waals surface area contributed by atoms with Crippen LogP contribution in [0.25, 0.3) is 10.2 Å². The summed E-state index contributed by atoms with van der Waals surface area (Å²) >= 11 is 3.50. The summed E-state index contributed by atoms with van der Waals surface area (Å²) in [6.45, 7) is 5.80. The highest BCUT2D eigenvalue weighted by Crippen LogP contribution is 2.32. The lowest BCUT2D eigenvalue weighted by atomic mass is 10.4. The van der Waals surface area contributed by atoms with Crippen molar-refractivity contribution in [2.24, 2.45) is 0 Å². The van der Waals surface area contributed by atoms with Gasteiger partial charge in [0.25, 0.3) is 0 Å². The average molecular weight is 297 g/mol. The van der Waals surface area contributed by atoms with Crippen molar-refractivity contribution in [3.63, 3.8) is 0 Å². The van der Waals surface area contributed by atoms with Gasteiger partial charge in [0.1, 0.15) is 9.86 Å². The van der Waals surface area contributed by atoms with Gasteiger partial charge in [0, 0.05) is 36.3 Å². The quantitative estimate of drug-likeness (QED) is 0.481. The zero-order valence-electron chi connectivity index (χ0n) is 11.5. The van der Waals surface area contributed by atoms with E-state index >= 15 is 0 Å². The Morgan fingerprint density at radius 2 is 2.26 bits per heavy atom. The molecule has 0 aromatic carbocycles. The maximum absolute atomic E-state index is 5.08. The third kappa shape index (κ3) is 3.81. The Kier molecular flexibility index (Phi) is 5.42. The molecule has 0 aliphatic rings. The van der Waals surface area contributed by atoms with Gasteiger partial charge in [-0.25, -0.2) is 9.97 Å². The Morgan fingerprint density at radius 1 is 1.42 bits per heavy atom. The summed E-state index contributed by atoms with van der Waals surface area (Å²) in [5, 5.41) is 5.44. The van der Waals surface area contributed by atoms with E-state index in [9.17, 15) is 0 Å². The molecule has 2 rings (SSSR count). The summed E-state index contributed by atoms with van der Waals surface area (Å²) in [7, 11) is 1.74. The smallest absolute Gasteiger partial charge is 0.225 e. The fourth-order valence-corrected chi connectivity index (χ4v) is 3.60. The first kappa shape index (κ1) is 14.6. The van der Waals surface area contributed by atoms with Crippen molar-refractivity contribution in [2.75, 3.05) is 31.3 Å². The first-order chi connectivity index (χ1) is 9.24. The number of aryl methyl sites for hydroxylation is 1. The van der Waals surface area contributed by atoms with Crippen LogP contribution < -0.4 is 5.32 Å². The first-order valence-electron chi connectivity index (χ1n) is 6.38. The maximum Gasteiger partial charge on any atom is 0.225 e. The number of thiophene rings is 1. The van der Waals surface area contributed by atoms with Gasteiger partial charge in [-0.3, -0.25) is 0 Å². The lowest BCUT2D eigenvalue weighted by Crippen LogP contribution is -2.02. The van der Waals surface area contributed by atoms with E-state index in [1.807, 2.05) is 0 Å². The third-order valence-corrected chi connectivity index (χ3v) is 4.57. The molecular weight excluding hydrogens is 278 g/mol. The van der Waals surface area contributed by atoms with E-state index in [0.717, 1.165) is 41.1 Å². The van der Waals surface area contributed by atoms with Gasteiger partial charge < -0.3 is 10.1 Å². The molecule has 2 aromatic heterocycles. The molecule has 0 saturated carbocycles. The molecule has 0 saturated heterocycles. The van der Waals surface area contributed by atoms with Crippen molar-refractivity contribution < 1.29 is 4.74 Å². The van der Waals surface area contributed by atoms with Crippen LogP contribution in [0.15, 0.2) is 11.1 Å². The zero-order chi connectivity index (χ0) is 13.7. The number of hydrogen-bond acceptors (Lipinski definition) is 6. The van der Waals surface area contributed by atoms with Gasteiger partial charge in [-0.2, -0.15) is 0 Å². The fraction of sp³-hybridized carbons (Fsp3) is 0.538. The van der Waals surface area contributed by atoms with Gasteiger partial charge in [0.2, 0.25) is 5.95 Å². The van der Waals surface area contributed by atoms with Crippen molar-refractivity contribution in [3.8, 4) is 0 Å². The third-order valence-electron chi connectivity index (χ3n) is 2.55. The molecule has 0 radical (unpaired) electrons. The number of hydrogen-bond donors (Lipinski definition) is 1. The van der Waals surface area contributed by atoms with Gasteiger partial charge in [-0.15, -0.1) is 23.1 Å². The highest BCUT2D eigenvalue weighted by Gasteiger charge is 2.10. The van der Waals surface area contributed by atoms with Crippen LogP contribution in [0.4, 0.5) is 5.95 Å². The number of thioether (sulfide) groups is 1. The average Bonchev–Trinajstić information content (AvgIpc) is 2.75. The van der Waals surface area contributed by atoms with E-state index in [-0.39, 0.29) is 0 Å². The van der Waals surface area contributed by atoms with Crippen LogP contribution in [0.1, 0.15) is 18.2 Å². The second kappa shape index (κ2) is 7.07. The van der Waals surface area contributed by atoms with E-state index in [1.165, 1.54) is 10.3 Å². The van der Waals surface area contributed by atoms with E-state index in [0.29, 0.717) is 0 Å². The number of methoxy groups -OCH3 is 1. The standard InChI is InChI=1S/C13H19N3OS2/c1-4-14-13-15-11(18-7-5-6-17-3)10-8-9(2)19-12(10)16-13/h8H,4-7H2,1-3H3,(H,14,15,16). The molecular formula is C13H19N3OS2. The molecule has 2 aromatic rings. The van der Waals surface area contributed by atoms with Gasteiger partial charge in [0.15, 0.2) is 0 Å². The second-order valence-corrected chi connectivity index (χ2v) is 6.47. The summed E-state index contributed by atoms with van der Waals surface area (Å²) in [6, 6.07) is 2.17. The number of fused-ring (bicyclic) bond motifs is 1. The minimum absolute atomic E-state index is 0.728. The molecule has 0 atom stereocenters. The minimum atomic E-state index is 0.728. The molecule has 0 unspecified atom stereocenters. The summed E-state index contributed by atoms with van der Waals surface area (Å²) < 4.78 is 5.08. The Balaban J connectivity index is 2.22. The van der Waals surface area contributed by atoms with E-state index < -0.39 is 0 Å². The molecule has 0 fully saturated rings. The fourth-order valence-electron chi connectivity index (χ4n) is 1.74. The topological polar surface area (TPSA) is 47.0 Å². The maximum atomic E-state index is 5.08. The highest BCUT2D eigenvalue weighted by molar-refractivity contribution is 7.99. The van der Waals surface area contributed by atoms with E-state index in [4.69, 9.17) is 4.74 Å². The van der Waals surface area contributed by atoms with Crippen LogP contribution >= 0.6 is 23.1 Å². The molecule has 6 heteroatoms. The number of nitrogens with one attached hydrogen (secondary N) is 1. The van der Waals surface area contributed by atoms with E-state index in [2.05, 4.69) is 35.2 Å². The summed E-state index contributed by atoms with van der Waals surface area (Å²) in [5.74, 6) is 1.74. The van der Waals surface area contributed by atoms with Crippen LogP contribution in [0, 0.1) is 6.92 Å². The Labute approximate surface area is 122 Å². The van der Waals surface area contributed by atoms with Crippen LogP contribution in [0.2, 0.25) is 0 Å². The predicted octanol–water partition coefficient (Wildman–Crippen LogP) is 3.56. The van der Waals surface area contributed by atoms with E-state index in [1.54, 1.807) is 30.2 Å². The Morgan fingerprint density at radius 3 is 3.00 bits per heavy atom. The van der Waals surface area contributed by atoms with Crippen molar-refractivity contribution in [2.45, 2.75) is 25.3 Å². The first-order valence-corrected chi connectivity index (χ1v) is 8.18. The van der Waals surface area contributed by atoms with Crippen molar-refractivity contribution in [1.82, 2.24) is 9.97 Å². The number of anilines is 1. The van der Waals surface area contributed by atoms with Crippen molar-refractivity contribution in [3.05, 3.63) is 10.9 Å². The van der Waals surface area contributed by atoms with Crippen molar-refractivity contribution in [1.29, 1.82) is 0 Å². The van der Waals surface area contributed by atoms with Gasteiger partial charge >= 0.3 is 0 Å². The molecule has 4 nitrogen and oxygen atoms in total. The molecule has 0 spiro atoms. The molecule has 104 valence electrons. The van der Waals surface area contributed by atoms with Crippen molar-refractivity contribution >= 4 is 39.3 Å². The number of ether oxygens (including phenoxy) is 1. The van der Waals surface area contributed by atoms with Gasteiger partial charge in [-0.05, 0) is 26.3 Å². The van der Waals surface area contributed by atoms with Crippen LogP contribution in [-0.4, -0.2) is 36.0 Å². The number of nitrogens with zero attached hydrogens (tertiary/aromatic N) is 2. The summed E-state index contributed by atoms with van der Waals surface area (Å²) in [6.07, 6.45) is 1.03. The second-order valence-electron chi connectivity index (χ2n) is 4.15. The van der Waals surface area contributed by atoms with Crippen LogP contribution in [-0.2, 0) is 4.74 Å². The number of rotatable bonds is 7.